The van der Waals surface area contributed by atoms with E-state index in [4.69, 9.17) is 11.6 Å². The SMILES string of the molecule is O=C(CCn1ncc2c(Cl)cccc21)N(Cc1ccccc1)Cc1ccccc1. The van der Waals surface area contributed by atoms with Gasteiger partial charge in [0.15, 0.2) is 0 Å². The van der Waals surface area contributed by atoms with Gasteiger partial charge in [-0.15, -0.1) is 0 Å². The van der Waals surface area contributed by atoms with Gasteiger partial charge in [0.05, 0.1) is 23.3 Å². The molecule has 0 fully saturated rings. The van der Waals surface area contributed by atoms with Crippen molar-refractivity contribution < 1.29 is 4.79 Å². The van der Waals surface area contributed by atoms with Crippen molar-refractivity contribution in [2.75, 3.05) is 0 Å². The Morgan fingerprint density at radius 3 is 2.10 bits per heavy atom. The molecule has 4 aromatic rings. The van der Waals surface area contributed by atoms with Crippen LogP contribution in [0.2, 0.25) is 5.02 Å². The summed E-state index contributed by atoms with van der Waals surface area (Å²) in [4.78, 5) is 15.0. The molecular formula is C24H22ClN3O. The van der Waals surface area contributed by atoms with Crippen LogP contribution in [0, 0.1) is 0 Å². The first-order valence-corrected chi connectivity index (χ1v) is 10.0. The van der Waals surface area contributed by atoms with Crippen LogP contribution in [0.3, 0.4) is 0 Å². The third-order valence-electron chi connectivity index (χ3n) is 4.96. The van der Waals surface area contributed by atoms with Gasteiger partial charge in [-0.05, 0) is 23.3 Å². The zero-order valence-corrected chi connectivity index (χ0v) is 16.8. The summed E-state index contributed by atoms with van der Waals surface area (Å²) in [6.07, 6.45) is 2.14. The van der Waals surface area contributed by atoms with Crippen molar-refractivity contribution in [2.24, 2.45) is 0 Å². The maximum absolute atomic E-state index is 13.1. The lowest BCUT2D eigenvalue weighted by molar-refractivity contribution is -0.132. The van der Waals surface area contributed by atoms with Gasteiger partial charge >= 0.3 is 0 Å². The number of hydrogen-bond donors (Lipinski definition) is 0. The molecule has 0 spiro atoms. The fraction of sp³-hybridized carbons (Fsp3) is 0.167. The molecule has 29 heavy (non-hydrogen) atoms. The van der Waals surface area contributed by atoms with Crippen LogP contribution < -0.4 is 0 Å². The summed E-state index contributed by atoms with van der Waals surface area (Å²) < 4.78 is 1.85. The molecule has 4 nitrogen and oxygen atoms in total. The zero-order valence-electron chi connectivity index (χ0n) is 16.0. The molecule has 1 aromatic heterocycles. The van der Waals surface area contributed by atoms with Crippen molar-refractivity contribution >= 4 is 28.4 Å². The van der Waals surface area contributed by atoms with Gasteiger partial charge in [-0.1, -0.05) is 78.3 Å². The van der Waals surface area contributed by atoms with Crippen molar-refractivity contribution in [1.29, 1.82) is 0 Å². The van der Waals surface area contributed by atoms with E-state index in [1.807, 2.05) is 88.4 Å². The second kappa shape index (κ2) is 8.93. The van der Waals surface area contributed by atoms with E-state index in [2.05, 4.69) is 5.10 Å². The summed E-state index contributed by atoms with van der Waals surface area (Å²) in [7, 11) is 0. The first-order valence-electron chi connectivity index (χ1n) is 9.66. The van der Waals surface area contributed by atoms with Crippen LogP contribution >= 0.6 is 11.6 Å². The Morgan fingerprint density at radius 2 is 1.48 bits per heavy atom. The number of nitrogens with zero attached hydrogens (tertiary/aromatic N) is 3. The van der Waals surface area contributed by atoms with E-state index in [9.17, 15) is 4.79 Å². The van der Waals surface area contributed by atoms with E-state index < -0.39 is 0 Å². The fourth-order valence-corrected chi connectivity index (χ4v) is 3.66. The molecule has 0 aliphatic rings. The smallest absolute Gasteiger partial charge is 0.225 e. The molecule has 1 amide bonds. The van der Waals surface area contributed by atoms with Crippen LogP contribution in [-0.2, 0) is 24.4 Å². The lowest BCUT2D eigenvalue weighted by Gasteiger charge is -2.23. The Kier molecular flexibility index (Phi) is 5.92. The standard InChI is InChI=1S/C24H22ClN3O/c25-22-12-7-13-23-21(22)16-26-28(23)15-14-24(29)27(17-19-8-3-1-4-9-19)18-20-10-5-2-6-11-20/h1-13,16H,14-15,17-18H2. The fourth-order valence-electron chi connectivity index (χ4n) is 3.45. The van der Waals surface area contributed by atoms with Gasteiger partial charge in [-0.25, -0.2) is 0 Å². The Bertz CT molecular complexity index is 1050. The summed E-state index contributed by atoms with van der Waals surface area (Å²) >= 11 is 6.24. The monoisotopic (exact) mass is 403 g/mol. The van der Waals surface area contributed by atoms with Crippen molar-refractivity contribution in [3.05, 3.63) is 101 Å². The Hall–Kier alpha value is -3.11. The lowest BCUT2D eigenvalue weighted by atomic mass is 10.1. The summed E-state index contributed by atoms with van der Waals surface area (Å²) in [5, 5.41) is 6.00. The summed E-state index contributed by atoms with van der Waals surface area (Å²) in [5.74, 6) is 0.100. The second-order valence-electron chi connectivity index (χ2n) is 7.01. The van der Waals surface area contributed by atoms with E-state index in [-0.39, 0.29) is 5.91 Å². The van der Waals surface area contributed by atoms with Crippen molar-refractivity contribution in [1.82, 2.24) is 14.7 Å². The van der Waals surface area contributed by atoms with Crippen LogP contribution in [0.4, 0.5) is 0 Å². The molecule has 0 saturated carbocycles. The Morgan fingerprint density at radius 1 is 0.862 bits per heavy atom. The Labute approximate surface area is 175 Å². The molecule has 4 rings (SSSR count). The van der Waals surface area contributed by atoms with Crippen molar-refractivity contribution in [3.8, 4) is 0 Å². The quantitative estimate of drug-likeness (QED) is 0.419. The van der Waals surface area contributed by atoms with Crippen LogP contribution in [0.25, 0.3) is 10.9 Å². The molecule has 146 valence electrons. The van der Waals surface area contributed by atoms with Crippen molar-refractivity contribution in [2.45, 2.75) is 26.1 Å². The number of benzene rings is 3. The third kappa shape index (κ3) is 4.66. The normalized spacial score (nSPS) is 10.9. The van der Waals surface area contributed by atoms with E-state index >= 15 is 0 Å². The molecule has 5 heteroatoms. The minimum absolute atomic E-state index is 0.100. The van der Waals surface area contributed by atoms with E-state index in [0.29, 0.717) is 31.1 Å². The maximum atomic E-state index is 13.1. The number of aromatic nitrogens is 2. The van der Waals surface area contributed by atoms with Gasteiger partial charge in [0.25, 0.3) is 0 Å². The first-order chi connectivity index (χ1) is 14.2. The number of amides is 1. The van der Waals surface area contributed by atoms with Crippen molar-refractivity contribution in [3.63, 3.8) is 0 Å². The number of aryl methyl sites for hydroxylation is 1. The van der Waals surface area contributed by atoms with Gasteiger partial charge in [-0.2, -0.15) is 5.10 Å². The molecule has 1 heterocycles. The molecule has 0 N–H and O–H groups in total. The highest BCUT2D eigenvalue weighted by atomic mass is 35.5. The highest BCUT2D eigenvalue weighted by molar-refractivity contribution is 6.35. The number of carbonyl (C=O) groups excluding carboxylic acids is 1. The van der Waals surface area contributed by atoms with Crippen LogP contribution in [0.1, 0.15) is 17.5 Å². The first kappa shape index (κ1) is 19.2. The van der Waals surface area contributed by atoms with Gasteiger partial charge in [0, 0.05) is 24.9 Å². The molecule has 0 bridgehead atoms. The van der Waals surface area contributed by atoms with Crippen LogP contribution in [0.5, 0.6) is 0 Å². The average Bonchev–Trinajstić information content (AvgIpc) is 3.17. The summed E-state index contributed by atoms with van der Waals surface area (Å²) in [5.41, 5.74) is 3.18. The molecule has 0 atom stereocenters. The largest absolute Gasteiger partial charge is 0.334 e. The van der Waals surface area contributed by atoms with Gasteiger partial charge in [0.2, 0.25) is 5.91 Å². The van der Waals surface area contributed by atoms with Gasteiger partial charge < -0.3 is 4.90 Å². The average molecular weight is 404 g/mol. The van der Waals surface area contributed by atoms with Gasteiger partial charge in [0.1, 0.15) is 0 Å². The zero-order chi connectivity index (χ0) is 20.1. The molecular weight excluding hydrogens is 382 g/mol. The number of halogens is 1. The second-order valence-corrected chi connectivity index (χ2v) is 7.42. The van der Waals surface area contributed by atoms with Crippen LogP contribution in [0.15, 0.2) is 85.1 Å². The summed E-state index contributed by atoms with van der Waals surface area (Å²) in [6.45, 7) is 1.68. The van der Waals surface area contributed by atoms with Gasteiger partial charge in [-0.3, -0.25) is 9.48 Å². The van der Waals surface area contributed by atoms with E-state index in [0.717, 1.165) is 22.0 Å². The maximum Gasteiger partial charge on any atom is 0.225 e. The predicted octanol–water partition coefficient (Wildman–Crippen LogP) is 5.31. The number of carbonyl (C=O) groups is 1. The Balaban J connectivity index is 1.50. The van der Waals surface area contributed by atoms with Crippen LogP contribution in [-0.4, -0.2) is 20.6 Å². The third-order valence-corrected chi connectivity index (χ3v) is 5.29. The summed E-state index contributed by atoms with van der Waals surface area (Å²) in [6, 6.07) is 25.9. The minimum Gasteiger partial charge on any atom is -0.334 e. The minimum atomic E-state index is 0.100. The van der Waals surface area contributed by atoms with E-state index in [1.54, 1.807) is 6.20 Å². The predicted molar refractivity (Wildman–Crippen MR) is 116 cm³/mol. The molecule has 0 saturated heterocycles. The highest BCUT2D eigenvalue weighted by Gasteiger charge is 2.16. The van der Waals surface area contributed by atoms with E-state index in [1.165, 1.54) is 0 Å². The lowest BCUT2D eigenvalue weighted by Crippen LogP contribution is -2.30. The molecule has 0 radical (unpaired) electrons. The number of rotatable bonds is 7. The highest BCUT2D eigenvalue weighted by Crippen LogP contribution is 2.23. The number of hydrogen-bond acceptors (Lipinski definition) is 2. The molecule has 3 aromatic carbocycles. The topological polar surface area (TPSA) is 38.1 Å². The molecule has 0 aliphatic heterocycles. The molecule has 0 aliphatic carbocycles. The molecule has 0 unspecified atom stereocenters. The number of fused-ring (bicyclic) bond motifs is 1.